The number of carbonyl (C=O) groups is 2. The molecule has 5 nitrogen and oxygen atoms in total. The van der Waals surface area contributed by atoms with Crippen LogP contribution in [0.4, 0.5) is 5.69 Å². The summed E-state index contributed by atoms with van der Waals surface area (Å²) in [4.78, 5) is 27.4. The molecule has 1 aliphatic heterocycles. The summed E-state index contributed by atoms with van der Waals surface area (Å²) in [6.45, 7) is 0. The van der Waals surface area contributed by atoms with Gasteiger partial charge < -0.3 is 5.11 Å². The quantitative estimate of drug-likeness (QED) is 0.342. The van der Waals surface area contributed by atoms with Crippen molar-refractivity contribution in [2.75, 3.05) is 4.90 Å². The number of Topliss-reactive ketones (excluding diaryl/α,β-unsaturated/α-hetero) is 1. The van der Waals surface area contributed by atoms with E-state index >= 15 is 0 Å². The standard InChI is InChI=1S/C24H15BrN2O3/c25-18-10-8-17(9-11-18)22(28)20-21(16-4-2-1-3-5-16)27(24(30)23(20)29)19-12-6-15(14-26)7-13-19/h1-13,21,28H/b22-20+. The average molecular weight is 459 g/mol. The van der Waals surface area contributed by atoms with E-state index in [9.17, 15) is 14.7 Å². The zero-order valence-corrected chi connectivity index (χ0v) is 17.2. The lowest BCUT2D eigenvalue weighted by Crippen LogP contribution is -2.29. The highest BCUT2D eigenvalue weighted by molar-refractivity contribution is 9.10. The Balaban J connectivity index is 1.92. The number of hydrogen-bond donors (Lipinski definition) is 1. The SMILES string of the molecule is N#Cc1ccc(N2C(=O)C(=O)/C(=C(/O)c3ccc(Br)cc3)C2c2ccccc2)cc1. The lowest BCUT2D eigenvalue weighted by molar-refractivity contribution is -0.132. The highest BCUT2D eigenvalue weighted by Crippen LogP contribution is 2.42. The van der Waals surface area contributed by atoms with Crippen LogP contribution in [0.3, 0.4) is 0 Å². The number of anilines is 1. The third-order valence-electron chi connectivity index (χ3n) is 4.95. The summed E-state index contributed by atoms with van der Waals surface area (Å²) < 4.78 is 0.830. The van der Waals surface area contributed by atoms with Gasteiger partial charge in [-0.25, -0.2) is 0 Å². The molecule has 6 heteroatoms. The second-order valence-corrected chi connectivity index (χ2v) is 7.66. The number of ketones is 1. The van der Waals surface area contributed by atoms with Crippen LogP contribution in [0.1, 0.15) is 22.7 Å². The Morgan fingerprint density at radius 1 is 0.933 bits per heavy atom. The van der Waals surface area contributed by atoms with Gasteiger partial charge in [-0.1, -0.05) is 58.4 Å². The van der Waals surface area contributed by atoms with Crippen LogP contribution in [0.5, 0.6) is 0 Å². The molecule has 3 aromatic rings. The van der Waals surface area contributed by atoms with Crippen molar-refractivity contribution in [1.29, 1.82) is 5.26 Å². The summed E-state index contributed by atoms with van der Waals surface area (Å²) in [5.74, 6) is -1.72. The van der Waals surface area contributed by atoms with E-state index in [-0.39, 0.29) is 11.3 Å². The highest BCUT2D eigenvalue weighted by atomic mass is 79.9. The molecule has 0 aliphatic carbocycles. The topological polar surface area (TPSA) is 81.4 Å². The zero-order valence-electron chi connectivity index (χ0n) is 15.6. The van der Waals surface area contributed by atoms with Gasteiger partial charge in [-0.15, -0.1) is 0 Å². The molecule has 0 saturated carbocycles. The fraction of sp³-hybridized carbons (Fsp3) is 0.0417. The van der Waals surface area contributed by atoms with Crippen molar-refractivity contribution in [2.24, 2.45) is 0 Å². The largest absolute Gasteiger partial charge is 0.507 e. The molecule has 1 aliphatic rings. The third kappa shape index (κ3) is 3.40. The molecule has 4 rings (SSSR count). The number of benzene rings is 3. The lowest BCUT2D eigenvalue weighted by atomic mass is 9.95. The maximum atomic E-state index is 13.0. The Labute approximate surface area is 181 Å². The first-order chi connectivity index (χ1) is 14.5. The molecule has 0 aromatic heterocycles. The highest BCUT2D eigenvalue weighted by Gasteiger charge is 2.46. The van der Waals surface area contributed by atoms with Crippen molar-refractivity contribution < 1.29 is 14.7 Å². The Hall–Kier alpha value is -3.69. The van der Waals surface area contributed by atoms with Crippen LogP contribution in [0.25, 0.3) is 5.76 Å². The van der Waals surface area contributed by atoms with Crippen LogP contribution in [-0.2, 0) is 9.59 Å². The molecular formula is C24H15BrN2O3. The molecular weight excluding hydrogens is 444 g/mol. The van der Waals surface area contributed by atoms with Crippen LogP contribution >= 0.6 is 15.9 Å². The van der Waals surface area contributed by atoms with Gasteiger partial charge in [0.2, 0.25) is 0 Å². The van der Waals surface area contributed by atoms with Gasteiger partial charge >= 0.3 is 0 Å². The summed E-state index contributed by atoms with van der Waals surface area (Å²) >= 11 is 3.35. The number of aliphatic hydroxyl groups excluding tert-OH is 1. The van der Waals surface area contributed by atoms with Crippen molar-refractivity contribution in [3.63, 3.8) is 0 Å². The fourth-order valence-corrected chi connectivity index (χ4v) is 3.77. The molecule has 146 valence electrons. The zero-order chi connectivity index (χ0) is 21.3. The van der Waals surface area contributed by atoms with Crippen LogP contribution < -0.4 is 4.90 Å². The van der Waals surface area contributed by atoms with Crippen LogP contribution in [-0.4, -0.2) is 16.8 Å². The monoisotopic (exact) mass is 458 g/mol. The molecule has 1 N–H and O–H groups in total. The van der Waals surface area contributed by atoms with Gasteiger partial charge in [-0.2, -0.15) is 5.26 Å². The number of carbonyl (C=O) groups excluding carboxylic acids is 2. The number of nitrogens with zero attached hydrogens (tertiary/aromatic N) is 2. The van der Waals surface area contributed by atoms with Gasteiger partial charge in [-0.3, -0.25) is 14.5 Å². The summed E-state index contributed by atoms with van der Waals surface area (Å²) in [5, 5.41) is 20.0. The van der Waals surface area contributed by atoms with Crippen molar-refractivity contribution in [1.82, 2.24) is 0 Å². The van der Waals surface area contributed by atoms with Gasteiger partial charge in [0.1, 0.15) is 5.76 Å². The Morgan fingerprint density at radius 2 is 1.57 bits per heavy atom. The molecule has 1 heterocycles. The van der Waals surface area contributed by atoms with E-state index in [2.05, 4.69) is 15.9 Å². The molecule has 0 bridgehead atoms. The lowest BCUT2D eigenvalue weighted by Gasteiger charge is -2.25. The van der Waals surface area contributed by atoms with Gasteiger partial charge in [-0.05, 0) is 42.0 Å². The van der Waals surface area contributed by atoms with E-state index in [4.69, 9.17) is 5.26 Å². The van der Waals surface area contributed by atoms with Crippen LogP contribution in [0, 0.1) is 11.3 Å². The summed E-state index contributed by atoms with van der Waals surface area (Å²) in [7, 11) is 0. The number of rotatable bonds is 3. The smallest absolute Gasteiger partial charge is 0.300 e. The van der Waals surface area contributed by atoms with Crippen LogP contribution in [0.15, 0.2) is 88.9 Å². The maximum Gasteiger partial charge on any atom is 0.300 e. The maximum absolute atomic E-state index is 13.0. The predicted molar refractivity (Wildman–Crippen MR) is 117 cm³/mol. The van der Waals surface area contributed by atoms with Crippen molar-refractivity contribution in [3.05, 3.63) is 106 Å². The van der Waals surface area contributed by atoms with E-state index in [1.54, 1.807) is 48.5 Å². The number of hydrogen-bond acceptors (Lipinski definition) is 4. The molecule has 0 spiro atoms. The Kier molecular flexibility index (Phi) is 5.21. The van der Waals surface area contributed by atoms with E-state index in [0.717, 1.165) is 4.47 Å². The second kappa shape index (κ2) is 7.97. The van der Waals surface area contributed by atoms with Crippen molar-refractivity contribution in [3.8, 4) is 6.07 Å². The minimum atomic E-state index is -0.789. The molecule has 30 heavy (non-hydrogen) atoms. The van der Waals surface area contributed by atoms with E-state index in [1.807, 2.05) is 36.4 Å². The number of halogens is 1. The minimum absolute atomic E-state index is 0.0258. The average Bonchev–Trinajstić information content (AvgIpc) is 3.05. The number of nitriles is 1. The number of amides is 1. The second-order valence-electron chi connectivity index (χ2n) is 6.75. The fourth-order valence-electron chi connectivity index (χ4n) is 3.51. The normalized spacial score (nSPS) is 17.7. The minimum Gasteiger partial charge on any atom is -0.507 e. The molecule has 3 aromatic carbocycles. The van der Waals surface area contributed by atoms with Crippen molar-refractivity contribution >= 4 is 39.1 Å². The Bertz CT molecular complexity index is 1190. The first-order valence-electron chi connectivity index (χ1n) is 9.13. The molecule has 1 atom stereocenters. The van der Waals surface area contributed by atoms with E-state index in [0.29, 0.717) is 22.4 Å². The van der Waals surface area contributed by atoms with E-state index in [1.165, 1.54) is 4.90 Å². The van der Waals surface area contributed by atoms with Gasteiger partial charge in [0.25, 0.3) is 11.7 Å². The summed E-state index contributed by atoms with van der Waals surface area (Å²) in [6, 6.07) is 23.6. The molecule has 1 saturated heterocycles. The molecule has 1 unspecified atom stereocenters. The van der Waals surface area contributed by atoms with E-state index < -0.39 is 17.7 Å². The predicted octanol–water partition coefficient (Wildman–Crippen LogP) is 4.95. The Morgan fingerprint density at radius 3 is 2.17 bits per heavy atom. The first kappa shape index (κ1) is 19.6. The van der Waals surface area contributed by atoms with Gasteiger partial charge in [0, 0.05) is 15.7 Å². The third-order valence-corrected chi connectivity index (χ3v) is 5.48. The van der Waals surface area contributed by atoms with Gasteiger partial charge in [0.15, 0.2) is 0 Å². The van der Waals surface area contributed by atoms with Gasteiger partial charge in [0.05, 0.1) is 23.2 Å². The van der Waals surface area contributed by atoms with Crippen molar-refractivity contribution in [2.45, 2.75) is 6.04 Å². The summed E-state index contributed by atoms with van der Waals surface area (Å²) in [5.41, 5.74) is 2.08. The number of aliphatic hydroxyl groups is 1. The molecule has 1 amide bonds. The molecule has 0 radical (unpaired) electrons. The molecule has 1 fully saturated rings. The van der Waals surface area contributed by atoms with Crippen LogP contribution in [0.2, 0.25) is 0 Å². The first-order valence-corrected chi connectivity index (χ1v) is 9.92. The summed E-state index contributed by atoms with van der Waals surface area (Å²) in [6.07, 6.45) is 0.